The van der Waals surface area contributed by atoms with Crippen molar-refractivity contribution in [2.75, 3.05) is 13.1 Å². The van der Waals surface area contributed by atoms with E-state index in [0.29, 0.717) is 23.3 Å². The molecule has 1 aromatic carbocycles. The standard InChI is InChI=1S/C26H29N4O3PS/c1-16-6-7-18(21(34)12-16)15-33-24-5-3-4-19(28-24)17-8-10-30(11-9-17)14-23-27-20-13-22(26(31)32)35-25(20)29(23)2/h3-7,12-13,17H,8-11,14-15,34H2,1-2H3,(H,31,32). The first-order valence-corrected chi connectivity index (χ1v) is 13.1. The molecule has 0 bridgehead atoms. The highest BCUT2D eigenvalue weighted by Crippen LogP contribution is 2.30. The number of hydrogen-bond acceptors (Lipinski definition) is 6. The maximum absolute atomic E-state index is 11.2. The van der Waals surface area contributed by atoms with Crippen LogP contribution in [0.15, 0.2) is 42.5 Å². The summed E-state index contributed by atoms with van der Waals surface area (Å²) in [7, 11) is 4.75. The van der Waals surface area contributed by atoms with Gasteiger partial charge in [0.1, 0.15) is 27.7 Å². The van der Waals surface area contributed by atoms with E-state index in [-0.39, 0.29) is 0 Å². The van der Waals surface area contributed by atoms with Crippen molar-refractivity contribution >= 4 is 42.2 Å². The number of aromatic nitrogens is 3. The van der Waals surface area contributed by atoms with Crippen LogP contribution in [0.2, 0.25) is 0 Å². The summed E-state index contributed by atoms with van der Waals surface area (Å²) >= 11 is 1.28. The number of carboxylic acids is 1. The quantitative estimate of drug-likeness (QED) is 0.371. The Morgan fingerprint density at radius 3 is 2.71 bits per heavy atom. The van der Waals surface area contributed by atoms with E-state index < -0.39 is 5.97 Å². The van der Waals surface area contributed by atoms with Gasteiger partial charge in [-0.3, -0.25) is 4.90 Å². The molecule has 1 unspecified atom stereocenters. The zero-order valence-corrected chi connectivity index (χ0v) is 21.9. The predicted octanol–water partition coefficient (Wildman–Crippen LogP) is 4.50. The second-order valence-electron chi connectivity index (χ2n) is 9.14. The number of ether oxygens (including phenoxy) is 1. The smallest absolute Gasteiger partial charge is 0.346 e. The van der Waals surface area contributed by atoms with Crippen LogP contribution >= 0.6 is 20.6 Å². The molecule has 4 heterocycles. The number of likely N-dealkylation sites (tertiary alicyclic amines) is 1. The fraction of sp³-hybridized carbons (Fsp3) is 0.346. The summed E-state index contributed by atoms with van der Waals surface area (Å²) in [4.78, 5) is 24.4. The van der Waals surface area contributed by atoms with Crippen molar-refractivity contribution in [3.63, 3.8) is 0 Å². The molecule has 1 atom stereocenters. The Hall–Kier alpha value is -2.80. The van der Waals surface area contributed by atoms with Gasteiger partial charge in [0.25, 0.3) is 0 Å². The van der Waals surface area contributed by atoms with Crippen molar-refractivity contribution < 1.29 is 14.6 Å². The van der Waals surface area contributed by atoms with Gasteiger partial charge in [-0.1, -0.05) is 29.8 Å². The Labute approximate surface area is 211 Å². The lowest BCUT2D eigenvalue weighted by molar-refractivity contribution is 0.0702. The van der Waals surface area contributed by atoms with Crippen LogP contribution in [0.25, 0.3) is 10.3 Å². The number of carboxylic acid groups (broad SMARTS) is 1. The van der Waals surface area contributed by atoms with Gasteiger partial charge < -0.3 is 14.4 Å². The lowest BCUT2D eigenvalue weighted by Crippen LogP contribution is -2.33. The van der Waals surface area contributed by atoms with Crippen LogP contribution in [0.5, 0.6) is 5.88 Å². The average molecular weight is 509 g/mol. The number of pyridine rings is 1. The van der Waals surface area contributed by atoms with E-state index in [9.17, 15) is 9.90 Å². The minimum absolute atomic E-state index is 0.331. The third kappa shape index (κ3) is 5.25. The van der Waals surface area contributed by atoms with E-state index in [1.807, 2.05) is 23.7 Å². The van der Waals surface area contributed by atoms with Gasteiger partial charge in [0.15, 0.2) is 0 Å². The maximum atomic E-state index is 11.2. The Morgan fingerprint density at radius 1 is 1.20 bits per heavy atom. The summed E-state index contributed by atoms with van der Waals surface area (Å²) in [6.45, 7) is 5.29. The van der Waals surface area contributed by atoms with Gasteiger partial charge in [-0.2, -0.15) is 0 Å². The van der Waals surface area contributed by atoms with E-state index in [4.69, 9.17) is 14.7 Å². The van der Waals surface area contributed by atoms with Crippen molar-refractivity contribution in [1.82, 2.24) is 19.4 Å². The number of hydrogen-bond donors (Lipinski definition) is 1. The van der Waals surface area contributed by atoms with Crippen LogP contribution in [-0.2, 0) is 20.2 Å². The van der Waals surface area contributed by atoms with Gasteiger partial charge in [-0.15, -0.1) is 20.6 Å². The SMILES string of the molecule is Cc1ccc(COc2cccc(C3CCN(Cc4nc5cc(C(=O)O)sc5n4C)CC3)n2)c(P)c1. The van der Waals surface area contributed by atoms with Crippen molar-refractivity contribution in [3.8, 4) is 5.88 Å². The first-order chi connectivity index (χ1) is 16.9. The number of fused-ring (bicyclic) bond motifs is 1. The number of imidazole rings is 1. The first kappa shape index (κ1) is 23.9. The number of nitrogens with zero attached hydrogens (tertiary/aromatic N) is 4. The van der Waals surface area contributed by atoms with E-state index >= 15 is 0 Å². The molecule has 4 aromatic rings. The molecule has 1 aliphatic heterocycles. The molecule has 0 saturated carbocycles. The molecule has 1 aliphatic rings. The molecule has 5 rings (SSSR count). The van der Waals surface area contributed by atoms with E-state index in [0.717, 1.165) is 65.2 Å². The topological polar surface area (TPSA) is 80.5 Å². The highest BCUT2D eigenvalue weighted by molar-refractivity contribution is 7.27. The molecule has 0 radical (unpaired) electrons. The molecule has 9 heteroatoms. The highest BCUT2D eigenvalue weighted by Gasteiger charge is 2.24. The summed E-state index contributed by atoms with van der Waals surface area (Å²) in [6.07, 6.45) is 2.07. The number of piperidine rings is 1. The lowest BCUT2D eigenvalue weighted by atomic mass is 9.93. The van der Waals surface area contributed by atoms with Crippen molar-refractivity contribution in [1.29, 1.82) is 0 Å². The average Bonchev–Trinajstić information content (AvgIpc) is 3.39. The number of rotatable bonds is 7. The summed E-state index contributed by atoms with van der Waals surface area (Å²) < 4.78 is 8.04. The second-order valence-corrected chi connectivity index (χ2v) is 10.8. The molecule has 0 amide bonds. The normalized spacial score (nSPS) is 15.1. The van der Waals surface area contributed by atoms with Crippen LogP contribution in [0.1, 0.15) is 51.1 Å². The number of aromatic carboxylic acids is 1. The zero-order chi connectivity index (χ0) is 24.5. The Bertz CT molecular complexity index is 1370. The Kier molecular flexibility index (Phi) is 6.87. The number of carbonyl (C=O) groups is 1. The van der Waals surface area contributed by atoms with Gasteiger partial charge in [-0.05, 0) is 55.9 Å². The van der Waals surface area contributed by atoms with E-state index in [1.165, 1.54) is 16.9 Å². The van der Waals surface area contributed by atoms with Crippen LogP contribution in [0, 0.1) is 6.92 Å². The van der Waals surface area contributed by atoms with Gasteiger partial charge in [-0.25, -0.2) is 14.8 Å². The molecule has 7 nitrogen and oxygen atoms in total. The fourth-order valence-corrected chi connectivity index (χ4v) is 5.95. The lowest BCUT2D eigenvalue weighted by Gasteiger charge is -2.31. The van der Waals surface area contributed by atoms with Gasteiger partial charge in [0.2, 0.25) is 5.88 Å². The van der Waals surface area contributed by atoms with Crippen LogP contribution in [0.3, 0.4) is 0 Å². The van der Waals surface area contributed by atoms with Gasteiger partial charge in [0.05, 0.1) is 6.54 Å². The summed E-state index contributed by atoms with van der Waals surface area (Å²) in [5.74, 6) is 1.15. The molecular weight excluding hydrogens is 479 g/mol. The van der Waals surface area contributed by atoms with E-state index in [1.54, 1.807) is 6.07 Å². The maximum Gasteiger partial charge on any atom is 0.346 e. The molecule has 0 aliphatic carbocycles. The van der Waals surface area contributed by atoms with Gasteiger partial charge >= 0.3 is 5.97 Å². The number of aryl methyl sites for hydroxylation is 2. The zero-order valence-electron chi connectivity index (χ0n) is 19.9. The fourth-order valence-electron chi connectivity index (χ4n) is 4.59. The molecule has 3 aromatic heterocycles. The van der Waals surface area contributed by atoms with Crippen molar-refractivity contribution in [3.05, 3.63) is 70.0 Å². The van der Waals surface area contributed by atoms with Crippen LogP contribution in [0.4, 0.5) is 0 Å². The Balaban J connectivity index is 1.18. The third-order valence-electron chi connectivity index (χ3n) is 6.64. The van der Waals surface area contributed by atoms with Crippen LogP contribution < -0.4 is 10.0 Å². The molecule has 1 fully saturated rings. The first-order valence-electron chi connectivity index (χ1n) is 11.7. The van der Waals surface area contributed by atoms with Crippen molar-refractivity contribution in [2.24, 2.45) is 7.05 Å². The molecule has 182 valence electrons. The summed E-state index contributed by atoms with van der Waals surface area (Å²) in [6, 6.07) is 14.1. The molecular formula is C26H29N4O3PS. The van der Waals surface area contributed by atoms with Gasteiger partial charge in [0, 0.05) is 24.7 Å². The minimum atomic E-state index is -0.899. The van der Waals surface area contributed by atoms with E-state index in [2.05, 4.69) is 45.3 Å². The molecule has 1 saturated heterocycles. The number of thiophene rings is 1. The van der Waals surface area contributed by atoms with Crippen LogP contribution in [-0.4, -0.2) is 43.6 Å². The molecule has 1 N–H and O–H groups in total. The largest absolute Gasteiger partial charge is 0.477 e. The highest BCUT2D eigenvalue weighted by atomic mass is 32.1. The third-order valence-corrected chi connectivity index (χ3v) is 8.36. The minimum Gasteiger partial charge on any atom is -0.477 e. The molecule has 35 heavy (non-hydrogen) atoms. The summed E-state index contributed by atoms with van der Waals surface area (Å²) in [5.41, 5.74) is 4.24. The Morgan fingerprint density at radius 2 is 2.00 bits per heavy atom. The molecule has 0 spiro atoms. The van der Waals surface area contributed by atoms with Crippen molar-refractivity contribution in [2.45, 2.75) is 38.8 Å². The monoisotopic (exact) mass is 508 g/mol. The second kappa shape index (κ2) is 10.1. The summed E-state index contributed by atoms with van der Waals surface area (Å²) in [5, 5.41) is 10.4. The number of benzene rings is 1. The predicted molar refractivity (Wildman–Crippen MR) is 142 cm³/mol.